The topological polar surface area (TPSA) is 18.5 Å². The quantitative estimate of drug-likeness (QED) is 0.524. The molecule has 0 N–H and O–H groups in total. The van der Waals surface area contributed by atoms with Gasteiger partial charge in [0, 0.05) is 5.88 Å². The van der Waals surface area contributed by atoms with Crippen LogP contribution in [0.5, 0.6) is 11.5 Å². The van der Waals surface area contributed by atoms with Gasteiger partial charge in [0.2, 0.25) is 0 Å². The molecule has 4 heteroatoms. The van der Waals surface area contributed by atoms with Gasteiger partial charge >= 0.3 is 0 Å². The zero-order valence-electron chi connectivity index (χ0n) is 10.1. The molecule has 0 unspecified atom stereocenters. The van der Waals surface area contributed by atoms with Gasteiger partial charge in [0.05, 0.1) is 11.4 Å². The lowest BCUT2D eigenvalue weighted by atomic mass is 10.1. The molecule has 0 aliphatic carbocycles. The van der Waals surface area contributed by atoms with Crippen LogP contribution in [0.15, 0.2) is 37.4 Å². The second-order valence-electron chi connectivity index (χ2n) is 3.54. The van der Waals surface area contributed by atoms with E-state index in [1.807, 2.05) is 12.1 Å². The molecule has 1 rings (SSSR count). The van der Waals surface area contributed by atoms with E-state index in [1.165, 1.54) is 0 Å². The minimum atomic E-state index is 0.307. The summed E-state index contributed by atoms with van der Waals surface area (Å²) < 4.78 is 11.1. The van der Waals surface area contributed by atoms with Crippen LogP contribution < -0.4 is 9.47 Å². The van der Waals surface area contributed by atoms with Crippen molar-refractivity contribution in [2.24, 2.45) is 0 Å². The minimum Gasteiger partial charge on any atom is -0.489 e. The third-order valence-electron chi connectivity index (χ3n) is 2.23. The Labute approximate surface area is 118 Å². The fraction of sp³-hybridized carbons (Fsp3) is 0.286. The molecule has 0 heterocycles. The van der Waals surface area contributed by atoms with Crippen LogP contribution in [0.1, 0.15) is 11.1 Å². The van der Waals surface area contributed by atoms with E-state index >= 15 is 0 Å². The normalized spacial score (nSPS) is 9.89. The molecule has 0 saturated heterocycles. The first-order chi connectivity index (χ1) is 8.76. The summed E-state index contributed by atoms with van der Waals surface area (Å²) in [5.74, 6) is 2.06. The van der Waals surface area contributed by atoms with Crippen LogP contribution in [0.4, 0.5) is 0 Å². The van der Waals surface area contributed by atoms with Gasteiger partial charge in [0.15, 0.2) is 0 Å². The average molecular weight is 287 g/mol. The van der Waals surface area contributed by atoms with Gasteiger partial charge in [0.25, 0.3) is 0 Å². The molecule has 0 aliphatic rings. The molecule has 0 fully saturated rings. The fourth-order valence-electron chi connectivity index (χ4n) is 1.44. The maximum Gasteiger partial charge on any atom is 0.128 e. The molecule has 0 amide bonds. The lowest BCUT2D eigenvalue weighted by Crippen LogP contribution is -2.02. The van der Waals surface area contributed by atoms with Gasteiger partial charge in [-0.1, -0.05) is 25.3 Å². The van der Waals surface area contributed by atoms with Crippen molar-refractivity contribution < 1.29 is 9.47 Å². The summed E-state index contributed by atoms with van der Waals surface area (Å²) in [6.07, 6.45) is 3.35. The number of rotatable bonds is 8. The predicted molar refractivity (Wildman–Crippen MR) is 76.9 cm³/mol. The monoisotopic (exact) mass is 286 g/mol. The smallest absolute Gasteiger partial charge is 0.128 e. The van der Waals surface area contributed by atoms with E-state index in [-0.39, 0.29) is 0 Å². The molecule has 98 valence electrons. The highest BCUT2D eigenvalue weighted by Crippen LogP contribution is 2.33. The first-order valence-corrected chi connectivity index (χ1v) is 6.58. The van der Waals surface area contributed by atoms with E-state index < -0.39 is 0 Å². The zero-order chi connectivity index (χ0) is 13.4. The first-order valence-electron chi connectivity index (χ1n) is 5.51. The highest BCUT2D eigenvalue weighted by molar-refractivity contribution is 6.18. The maximum atomic E-state index is 5.95. The van der Waals surface area contributed by atoms with Crippen LogP contribution in [-0.2, 0) is 11.8 Å². The Kier molecular flexibility index (Phi) is 6.69. The third kappa shape index (κ3) is 3.97. The van der Waals surface area contributed by atoms with Crippen LogP contribution in [0, 0.1) is 0 Å². The molecule has 0 radical (unpaired) electrons. The van der Waals surface area contributed by atoms with E-state index in [4.69, 9.17) is 32.7 Å². The molecule has 2 nitrogen and oxygen atoms in total. The summed E-state index contributed by atoms with van der Waals surface area (Å²) in [7, 11) is 0. The molecule has 1 aromatic rings. The summed E-state index contributed by atoms with van der Waals surface area (Å²) in [6, 6.07) is 3.74. The van der Waals surface area contributed by atoms with Gasteiger partial charge in [-0.3, -0.25) is 0 Å². The average Bonchev–Trinajstić information content (AvgIpc) is 2.41. The van der Waals surface area contributed by atoms with E-state index in [0.29, 0.717) is 36.5 Å². The second-order valence-corrected chi connectivity index (χ2v) is 4.07. The Bertz CT molecular complexity index is 383. The van der Waals surface area contributed by atoms with E-state index in [0.717, 1.165) is 11.1 Å². The molecular weight excluding hydrogens is 271 g/mol. The van der Waals surface area contributed by atoms with Crippen molar-refractivity contribution >= 4 is 23.2 Å². The second kappa shape index (κ2) is 8.06. The Morgan fingerprint density at radius 3 is 1.78 bits per heavy atom. The van der Waals surface area contributed by atoms with Crippen molar-refractivity contribution in [1.29, 1.82) is 0 Å². The molecule has 0 spiro atoms. The predicted octanol–water partition coefficient (Wildman–Crippen LogP) is 4.29. The Hall–Kier alpha value is -1.12. The molecular formula is C14H16Cl2O2. The highest BCUT2D eigenvalue weighted by atomic mass is 35.5. The first kappa shape index (κ1) is 14.9. The summed E-state index contributed by atoms with van der Waals surface area (Å²) in [6.45, 7) is 8.06. The maximum absolute atomic E-state index is 5.95. The fourth-order valence-corrected chi connectivity index (χ4v) is 1.86. The molecule has 0 aliphatic heterocycles. The van der Waals surface area contributed by atoms with Crippen molar-refractivity contribution in [3.8, 4) is 11.5 Å². The lowest BCUT2D eigenvalue weighted by Gasteiger charge is -2.15. The summed E-state index contributed by atoms with van der Waals surface area (Å²) >= 11 is 11.8. The molecule has 0 aromatic heterocycles. The number of alkyl halides is 2. The number of ether oxygens (including phenoxy) is 2. The van der Waals surface area contributed by atoms with Gasteiger partial charge in [-0.15, -0.1) is 23.2 Å². The van der Waals surface area contributed by atoms with Crippen molar-refractivity contribution in [1.82, 2.24) is 0 Å². The van der Waals surface area contributed by atoms with Gasteiger partial charge in [-0.25, -0.2) is 0 Å². The number of halogens is 2. The lowest BCUT2D eigenvalue weighted by molar-refractivity contribution is 0.339. The van der Waals surface area contributed by atoms with Gasteiger partial charge < -0.3 is 9.47 Å². The van der Waals surface area contributed by atoms with Gasteiger partial charge in [-0.05, 0) is 17.7 Å². The number of benzene rings is 1. The van der Waals surface area contributed by atoms with Crippen LogP contribution in [0.25, 0.3) is 0 Å². The van der Waals surface area contributed by atoms with E-state index in [2.05, 4.69) is 13.2 Å². The van der Waals surface area contributed by atoms with Crippen LogP contribution >= 0.6 is 23.2 Å². The Morgan fingerprint density at radius 2 is 1.44 bits per heavy atom. The summed E-state index contributed by atoms with van der Waals surface area (Å²) in [4.78, 5) is 0. The van der Waals surface area contributed by atoms with Crippen LogP contribution in [-0.4, -0.2) is 13.2 Å². The standard InChI is InChI=1S/C14H16Cl2O2/c1-3-5-17-13-7-11(9-15)8-14(12(13)10-16)18-6-4-2/h3-4,7-8H,1-2,5-6,9-10H2. The summed E-state index contributed by atoms with van der Waals surface area (Å²) in [5, 5.41) is 0. The van der Waals surface area contributed by atoms with Crippen molar-refractivity contribution in [2.45, 2.75) is 11.8 Å². The Morgan fingerprint density at radius 1 is 0.944 bits per heavy atom. The van der Waals surface area contributed by atoms with Gasteiger partial charge in [0.1, 0.15) is 24.7 Å². The minimum absolute atomic E-state index is 0.307. The van der Waals surface area contributed by atoms with E-state index in [1.54, 1.807) is 12.2 Å². The zero-order valence-corrected chi connectivity index (χ0v) is 11.6. The molecule has 0 atom stereocenters. The Balaban J connectivity index is 3.11. The number of hydrogen-bond acceptors (Lipinski definition) is 2. The molecule has 18 heavy (non-hydrogen) atoms. The van der Waals surface area contributed by atoms with Crippen LogP contribution in [0.2, 0.25) is 0 Å². The van der Waals surface area contributed by atoms with Crippen molar-refractivity contribution in [2.75, 3.05) is 13.2 Å². The largest absolute Gasteiger partial charge is 0.489 e. The van der Waals surface area contributed by atoms with Crippen molar-refractivity contribution in [3.05, 3.63) is 48.6 Å². The molecule has 1 aromatic carbocycles. The van der Waals surface area contributed by atoms with Crippen LogP contribution in [0.3, 0.4) is 0 Å². The number of hydrogen-bond donors (Lipinski definition) is 0. The molecule has 0 bridgehead atoms. The SMILES string of the molecule is C=CCOc1cc(CCl)cc(OCC=C)c1CCl. The third-order valence-corrected chi connectivity index (χ3v) is 2.81. The molecule has 0 saturated carbocycles. The highest BCUT2D eigenvalue weighted by Gasteiger charge is 2.12. The summed E-state index contributed by atoms with van der Waals surface area (Å²) in [5.41, 5.74) is 1.73. The van der Waals surface area contributed by atoms with Gasteiger partial charge in [-0.2, -0.15) is 0 Å². The van der Waals surface area contributed by atoms with E-state index in [9.17, 15) is 0 Å². The van der Waals surface area contributed by atoms with Crippen molar-refractivity contribution in [3.63, 3.8) is 0 Å².